The van der Waals surface area contributed by atoms with Crippen molar-refractivity contribution in [3.8, 4) is 0 Å². The number of hydrogen-bond donors (Lipinski definition) is 0. The number of likely N-dealkylation sites (N-methyl/N-ethyl adjacent to an activating group) is 1. The summed E-state index contributed by atoms with van der Waals surface area (Å²) < 4.78 is 0. The zero-order valence-corrected chi connectivity index (χ0v) is 10.2. The summed E-state index contributed by atoms with van der Waals surface area (Å²) in [5.41, 5.74) is 2.32. The van der Waals surface area contributed by atoms with Crippen LogP contribution < -0.4 is 4.90 Å². The first-order chi connectivity index (χ1) is 8.00. The fraction of sp³-hybridized carbons (Fsp3) is 0.286. The smallest absolute Gasteiger partial charge is 0.236 e. The van der Waals surface area contributed by atoms with Gasteiger partial charge in [-0.1, -0.05) is 18.2 Å². The third-order valence-electron chi connectivity index (χ3n) is 3.27. The van der Waals surface area contributed by atoms with Gasteiger partial charge in [0.1, 0.15) is 6.29 Å². The lowest BCUT2D eigenvalue weighted by Gasteiger charge is -2.16. The van der Waals surface area contributed by atoms with Gasteiger partial charge in [0.2, 0.25) is 5.91 Å². The number of fused-ring (bicyclic) bond motifs is 1. The van der Waals surface area contributed by atoms with Gasteiger partial charge >= 0.3 is 0 Å². The van der Waals surface area contributed by atoms with Gasteiger partial charge < -0.3 is 4.90 Å². The molecule has 3 nitrogen and oxygen atoms in total. The Balaban J connectivity index is 2.65. The summed E-state index contributed by atoms with van der Waals surface area (Å²) in [6.07, 6.45) is 3.91. The second-order valence-electron chi connectivity index (χ2n) is 4.73. The molecule has 0 unspecified atom stereocenters. The molecule has 17 heavy (non-hydrogen) atoms. The van der Waals surface area contributed by atoms with Gasteiger partial charge in [0.15, 0.2) is 0 Å². The highest BCUT2D eigenvalue weighted by atomic mass is 16.2. The molecular formula is C14H15NO2. The number of para-hydroxylation sites is 1. The Hall–Kier alpha value is -1.90. The van der Waals surface area contributed by atoms with Gasteiger partial charge in [0.05, 0.1) is 11.1 Å². The molecule has 0 radical (unpaired) electrons. The normalized spacial score (nSPS) is 17.6. The second kappa shape index (κ2) is 3.84. The van der Waals surface area contributed by atoms with E-state index in [1.54, 1.807) is 18.0 Å². The lowest BCUT2D eigenvalue weighted by Crippen LogP contribution is -2.33. The predicted molar refractivity (Wildman–Crippen MR) is 68.0 cm³/mol. The van der Waals surface area contributed by atoms with Gasteiger partial charge in [-0.25, -0.2) is 0 Å². The third kappa shape index (κ3) is 1.58. The van der Waals surface area contributed by atoms with E-state index in [4.69, 9.17) is 0 Å². The molecule has 1 heterocycles. The van der Waals surface area contributed by atoms with Crippen molar-refractivity contribution >= 4 is 24.0 Å². The molecule has 0 atom stereocenters. The van der Waals surface area contributed by atoms with Crippen molar-refractivity contribution in [3.63, 3.8) is 0 Å². The Labute approximate surface area is 101 Å². The minimum absolute atomic E-state index is 0.0828. The number of anilines is 1. The van der Waals surface area contributed by atoms with Crippen LogP contribution in [0.15, 0.2) is 24.3 Å². The number of benzene rings is 1. The van der Waals surface area contributed by atoms with Crippen LogP contribution >= 0.6 is 0 Å². The molecule has 3 heteroatoms. The second-order valence-corrected chi connectivity index (χ2v) is 4.73. The number of rotatable bonds is 2. The van der Waals surface area contributed by atoms with E-state index in [0.29, 0.717) is 0 Å². The topological polar surface area (TPSA) is 37.4 Å². The minimum Gasteiger partial charge on any atom is -0.314 e. The van der Waals surface area contributed by atoms with E-state index in [2.05, 4.69) is 0 Å². The molecule has 0 spiro atoms. The molecule has 1 aromatic carbocycles. The first-order valence-electron chi connectivity index (χ1n) is 5.53. The van der Waals surface area contributed by atoms with E-state index >= 15 is 0 Å². The summed E-state index contributed by atoms with van der Waals surface area (Å²) in [6, 6.07) is 5.79. The van der Waals surface area contributed by atoms with Crippen LogP contribution in [0.4, 0.5) is 5.69 Å². The lowest BCUT2D eigenvalue weighted by atomic mass is 9.85. The maximum absolute atomic E-state index is 12.1. The molecule has 1 aliphatic heterocycles. The van der Waals surface area contributed by atoms with Crippen LogP contribution in [0.2, 0.25) is 0 Å². The Kier molecular flexibility index (Phi) is 2.62. The van der Waals surface area contributed by atoms with Crippen molar-refractivity contribution in [2.75, 3.05) is 11.9 Å². The van der Waals surface area contributed by atoms with Gasteiger partial charge in [-0.3, -0.25) is 9.59 Å². The highest BCUT2D eigenvalue weighted by Crippen LogP contribution is 2.42. The van der Waals surface area contributed by atoms with E-state index in [1.807, 2.05) is 32.0 Å². The monoisotopic (exact) mass is 229 g/mol. The van der Waals surface area contributed by atoms with Crippen molar-refractivity contribution in [1.29, 1.82) is 0 Å². The molecule has 0 N–H and O–H groups in total. The Morgan fingerprint density at radius 3 is 2.65 bits per heavy atom. The standard InChI is InChI=1S/C14H15NO2/c1-14(2)11-8-4-6-10(7-5-9-16)12(11)15(3)13(14)17/h4-9H,1-3H3/b7-5+. The molecule has 0 fully saturated rings. The minimum atomic E-state index is -0.491. The van der Waals surface area contributed by atoms with Gasteiger partial charge in [0.25, 0.3) is 0 Å². The Morgan fingerprint density at radius 2 is 2.00 bits per heavy atom. The number of nitrogens with zero attached hydrogens (tertiary/aromatic N) is 1. The van der Waals surface area contributed by atoms with Crippen LogP contribution in [0.5, 0.6) is 0 Å². The van der Waals surface area contributed by atoms with E-state index in [9.17, 15) is 9.59 Å². The first kappa shape index (κ1) is 11.6. The van der Waals surface area contributed by atoms with Crippen molar-refractivity contribution in [2.45, 2.75) is 19.3 Å². The quantitative estimate of drug-likeness (QED) is 0.575. The van der Waals surface area contributed by atoms with Gasteiger partial charge in [-0.15, -0.1) is 0 Å². The molecule has 2 rings (SSSR count). The average Bonchev–Trinajstić information content (AvgIpc) is 2.49. The molecule has 88 valence electrons. The molecule has 0 aliphatic carbocycles. The van der Waals surface area contributed by atoms with Crippen molar-refractivity contribution in [3.05, 3.63) is 35.4 Å². The van der Waals surface area contributed by atoms with Crippen molar-refractivity contribution < 1.29 is 9.59 Å². The van der Waals surface area contributed by atoms with E-state index in [-0.39, 0.29) is 5.91 Å². The van der Waals surface area contributed by atoms with E-state index in [0.717, 1.165) is 23.1 Å². The number of amides is 1. The molecule has 0 saturated heterocycles. The average molecular weight is 229 g/mol. The SMILES string of the molecule is CN1C(=O)C(C)(C)c2cccc(/C=C/C=O)c21. The summed E-state index contributed by atoms with van der Waals surface area (Å²) in [7, 11) is 1.77. The number of allylic oxidation sites excluding steroid dienone is 1. The van der Waals surface area contributed by atoms with E-state index in [1.165, 1.54) is 6.08 Å². The van der Waals surface area contributed by atoms with Crippen LogP contribution in [0.1, 0.15) is 25.0 Å². The zero-order chi connectivity index (χ0) is 12.6. The summed E-state index contributed by atoms with van der Waals surface area (Å²) in [5.74, 6) is 0.0828. The van der Waals surface area contributed by atoms with Gasteiger partial charge in [0, 0.05) is 7.05 Å². The van der Waals surface area contributed by atoms with Crippen LogP contribution in [0.25, 0.3) is 6.08 Å². The number of carbonyl (C=O) groups is 2. The highest BCUT2D eigenvalue weighted by Gasteiger charge is 2.42. The van der Waals surface area contributed by atoms with Crippen LogP contribution in [0, 0.1) is 0 Å². The Morgan fingerprint density at radius 1 is 1.29 bits per heavy atom. The maximum Gasteiger partial charge on any atom is 0.236 e. The Bertz CT molecular complexity index is 515. The van der Waals surface area contributed by atoms with Gasteiger partial charge in [-0.2, -0.15) is 0 Å². The van der Waals surface area contributed by atoms with Gasteiger partial charge in [-0.05, 0) is 37.1 Å². The van der Waals surface area contributed by atoms with E-state index < -0.39 is 5.41 Å². The predicted octanol–water partition coefficient (Wildman–Crippen LogP) is 2.15. The summed E-state index contributed by atoms with van der Waals surface area (Å²) in [6.45, 7) is 3.84. The molecule has 0 saturated carbocycles. The van der Waals surface area contributed by atoms with Crippen LogP contribution in [-0.2, 0) is 15.0 Å². The van der Waals surface area contributed by atoms with Crippen LogP contribution in [0.3, 0.4) is 0 Å². The summed E-state index contributed by atoms with van der Waals surface area (Å²) in [4.78, 5) is 24.2. The third-order valence-corrected chi connectivity index (χ3v) is 3.27. The maximum atomic E-state index is 12.1. The van der Waals surface area contributed by atoms with Crippen molar-refractivity contribution in [2.24, 2.45) is 0 Å². The lowest BCUT2D eigenvalue weighted by molar-refractivity contribution is -0.121. The molecule has 1 amide bonds. The highest BCUT2D eigenvalue weighted by molar-refractivity contribution is 6.09. The molecule has 1 aromatic rings. The summed E-state index contributed by atoms with van der Waals surface area (Å²) in [5, 5.41) is 0. The largest absolute Gasteiger partial charge is 0.314 e. The molecular weight excluding hydrogens is 214 g/mol. The van der Waals surface area contributed by atoms with Crippen molar-refractivity contribution in [1.82, 2.24) is 0 Å². The fourth-order valence-electron chi connectivity index (χ4n) is 2.35. The fourth-order valence-corrected chi connectivity index (χ4v) is 2.35. The number of hydrogen-bond acceptors (Lipinski definition) is 2. The zero-order valence-electron chi connectivity index (χ0n) is 10.2. The summed E-state index contributed by atoms with van der Waals surface area (Å²) >= 11 is 0. The molecule has 1 aliphatic rings. The number of carbonyl (C=O) groups excluding carboxylic acids is 2. The first-order valence-corrected chi connectivity index (χ1v) is 5.53. The van der Waals surface area contributed by atoms with Crippen LogP contribution in [-0.4, -0.2) is 19.2 Å². The number of aldehydes is 1. The molecule has 0 bridgehead atoms. The molecule has 0 aromatic heterocycles.